The van der Waals surface area contributed by atoms with Gasteiger partial charge in [-0.25, -0.2) is 4.39 Å². The van der Waals surface area contributed by atoms with Crippen LogP contribution in [-0.4, -0.2) is 12.6 Å². The maximum atomic E-state index is 14.6. The van der Waals surface area contributed by atoms with E-state index in [2.05, 4.69) is 0 Å². The van der Waals surface area contributed by atoms with Crippen molar-refractivity contribution in [3.63, 3.8) is 0 Å². The van der Waals surface area contributed by atoms with E-state index < -0.39 is 12.0 Å². The first-order valence-corrected chi connectivity index (χ1v) is 8.60. The molecular weight excluding hydrogens is 376 g/mol. The number of benzene rings is 2. The summed E-state index contributed by atoms with van der Waals surface area (Å²) in [6, 6.07) is 6.50. The molecule has 2 N–H and O–H groups in total. The SMILES string of the molecule is CCOC(=O)C[C@H](N)c1cc(-c2c(C)cc(Cl)cc2C)cc(C)c1F.Cl. The number of carbonyl (C=O) groups is 1. The topological polar surface area (TPSA) is 52.3 Å². The molecule has 0 spiro atoms. The quantitative estimate of drug-likeness (QED) is 0.680. The Labute approximate surface area is 165 Å². The van der Waals surface area contributed by atoms with Crippen molar-refractivity contribution in [3.8, 4) is 11.1 Å². The summed E-state index contributed by atoms with van der Waals surface area (Å²) >= 11 is 6.10. The number of hydrogen-bond donors (Lipinski definition) is 1. The van der Waals surface area contributed by atoms with Gasteiger partial charge in [-0.2, -0.15) is 0 Å². The van der Waals surface area contributed by atoms with Crippen LogP contribution < -0.4 is 5.73 Å². The molecule has 3 nitrogen and oxygen atoms in total. The van der Waals surface area contributed by atoms with Crippen molar-refractivity contribution in [1.29, 1.82) is 0 Å². The molecule has 6 heteroatoms. The van der Waals surface area contributed by atoms with Gasteiger partial charge >= 0.3 is 5.97 Å². The van der Waals surface area contributed by atoms with E-state index >= 15 is 0 Å². The Bertz CT molecular complexity index is 786. The highest BCUT2D eigenvalue weighted by molar-refractivity contribution is 6.30. The maximum absolute atomic E-state index is 14.6. The predicted octanol–water partition coefficient (Wildman–Crippen LogP) is 5.45. The number of nitrogens with two attached hydrogens (primary N) is 1. The number of rotatable bonds is 5. The van der Waals surface area contributed by atoms with Crippen molar-refractivity contribution in [1.82, 2.24) is 0 Å². The third-order valence-electron chi connectivity index (χ3n) is 4.16. The third-order valence-corrected chi connectivity index (χ3v) is 4.38. The summed E-state index contributed by atoms with van der Waals surface area (Å²) in [6.45, 7) is 7.62. The lowest BCUT2D eigenvalue weighted by atomic mass is 9.91. The van der Waals surface area contributed by atoms with E-state index in [-0.39, 0.29) is 31.3 Å². The second-order valence-corrected chi connectivity index (χ2v) is 6.66. The lowest BCUT2D eigenvalue weighted by Crippen LogP contribution is -2.19. The van der Waals surface area contributed by atoms with Crippen LogP contribution >= 0.6 is 24.0 Å². The number of hydrogen-bond acceptors (Lipinski definition) is 3. The van der Waals surface area contributed by atoms with Gasteiger partial charge in [0.05, 0.1) is 13.0 Å². The normalized spacial score (nSPS) is 11.7. The minimum Gasteiger partial charge on any atom is -0.466 e. The fourth-order valence-corrected chi connectivity index (χ4v) is 3.41. The molecule has 1 atom stereocenters. The fraction of sp³-hybridized carbons (Fsp3) is 0.350. The number of ether oxygens (including phenoxy) is 1. The largest absolute Gasteiger partial charge is 0.466 e. The van der Waals surface area contributed by atoms with E-state index in [9.17, 15) is 9.18 Å². The summed E-state index contributed by atoms with van der Waals surface area (Å²) in [4.78, 5) is 11.7. The van der Waals surface area contributed by atoms with Gasteiger partial charge in [0.25, 0.3) is 0 Å². The number of halogens is 3. The molecule has 0 aliphatic carbocycles. The molecule has 0 aliphatic rings. The summed E-state index contributed by atoms with van der Waals surface area (Å²) in [7, 11) is 0. The highest BCUT2D eigenvalue weighted by atomic mass is 35.5. The maximum Gasteiger partial charge on any atom is 0.307 e. The van der Waals surface area contributed by atoms with Crippen LogP contribution in [0, 0.1) is 26.6 Å². The van der Waals surface area contributed by atoms with E-state index in [0.29, 0.717) is 16.1 Å². The first-order chi connectivity index (χ1) is 11.7. The van der Waals surface area contributed by atoms with Gasteiger partial charge in [-0.15, -0.1) is 12.4 Å². The average Bonchev–Trinajstić information content (AvgIpc) is 2.49. The zero-order chi connectivity index (χ0) is 18.7. The molecule has 0 unspecified atom stereocenters. The molecule has 0 saturated heterocycles. The molecule has 2 rings (SSSR count). The Hall–Kier alpha value is -1.62. The van der Waals surface area contributed by atoms with Gasteiger partial charge in [-0.3, -0.25) is 4.79 Å². The first-order valence-electron chi connectivity index (χ1n) is 8.23. The molecule has 0 fully saturated rings. The monoisotopic (exact) mass is 399 g/mol. The molecule has 0 amide bonds. The van der Waals surface area contributed by atoms with Gasteiger partial charge in [-0.05, 0) is 79.8 Å². The molecule has 0 saturated carbocycles. The van der Waals surface area contributed by atoms with Gasteiger partial charge in [-0.1, -0.05) is 11.6 Å². The van der Waals surface area contributed by atoms with E-state index in [1.165, 1.54) is 0 Å². The van der Waals surface area contributed by atoms with E-state index in [1.807, 2.05) is 26.0 Å². The van der Waals surface area contributed by atoms with Gasteiger partial charge in [0.1, 0.15) is 5.82 Å². The summed E-state index contributed by atoms with van der Waals surface area (Å²) in [5.41, 5.74) is 10.7. The Morgan fingerprint density at radius 2 is 1.73 bits per heavy atom. The van der Waals surface area contributed by atoms with Crippen molar-refractivity contribution in [2.24, 2.45) is 5.73 Å². The van der Waals surface area contributed by atoms with Crippen LogP contribution in [0.25, 0.3) is 11.1 Å². The Balaban J connectivity index is 0.00000338. The van der Waals surface area contributed by atoms with Crippen molar-refractivity contribution in [2.45, 2.75) is 40.2 Å². The van der Waals surface area contributed by atoms with Crippen LogP contribution in [0.1, 0.15) is 41.6 Å². The molecule has 26 heavy (non-hydrogen) atoms. The van der Waals surface area contributed by atoms with E-state index in [1.54, 1.807) is 26.0 Å². The Kier molecular flexibility index (Phi) is 8.07. The number of esters is 1. The van der Waals surface area contributed by atoms with Crippen molar-refractivity contribution >= 4 is 30.0 Å². The molecule has 2 aromatic rings. The smallest absolute Gasteiger partial charge is 0.307 e. The van der Waals surface area contributed by atoms with Crippen LogP contribution in [0.3, 0.4) is 0 Å². The predicted molar refractivity (Wildman–Crippen MR) is 106 cm³/mol. The summed E-state index contributed by atoms with van der Waals surface area (Å²) < 4.78 is 19.5. The van der Waals surface area contributed by atoms with Gasteiger partial charge in [0.15, 0.2) is 0 Å². The van der Waals surface area contributed by atoms with Crippen molar-refractivity contribution < 1.29 is 13.9 Å². The van der Waals surface area contributed by atoms with Crippen molar-refractivity contribution in [2.75, 3.05) is 6.61 Å². The molecule has 2 aromatic carbocycles. The van der Waals surface area contributed by atoms with E-state index in [0.717, 1.165) is 22.3 Å². The highest BCUT2D eigenvalue weighted by Gasteiger charge is 2.20. The molecule has 0 aliphatic heterocycles. The average molecular weight is 400 g/mol. The van der Waals surface area contributed by atoms with Crippen molar-refractivity contribution in [3.05, 3.63) is 57.4 Å². The molecule has 0 radical (unpaired) electrons. The van der Waals surface area contributed by atoms with Crippen LogP contribution in [0.4, 0.5) is 4.39 Å². The molecular formula is C20H24Cl2FNO2. The van der Waals surface area contributed by atoms with Crippen LogP contribution in [0.2, 0.25) is 5.02 Å². The summed E-state index contributed by atoms with van der Waals surface area (Å²) in [5, 5.41) is 0.664. The second-order valence-electron chi connectivity index (χ2n) is 6.23. The number of aryl methyl sites for hydroxylation is 3. The lowest BCUT2D eigenvalue weighted by molar-refractivity contribution is -0.143. The third kappa shape index (κ3) is 4.97. The molecule has 0 bridgehead atoms. The summed E-state index contributed by atoms with van der Waals surface area (Å²) in [5.74, 6) is -0.818. The Morgan fingerprint density at radius 1 is 1.15 bits per heavy atom. The zero-order valence-corrected chi connectivity index (χ0v) is 16.9. The number of carbonyl (C=O) groups excluding carboxylic acids is 1. The van der Waals surface area contributed by atoms with Gasteiger partial charge in [0, 0.05) is 16.6 Å². The van der Waals surface area contributed by atoms with Gasteiger partial charge < -0.3 is 10.5 Å². The molecule has 0 aromatic heterocycles. The molecule has 142 valence electrons. The first kappa shape index (κ1) is 22.4. The van der Waals surface area contributed by atoms with Crippen LogP contribution in [0.5, 0.6) is 0 Å². The summed E-state index contributed by atoms with van der Waals surface area (Å²) in [6.07, 6.45) is -0.0633. The standard InChI is InChI=1S/C20H23ClFNO2.ClH/c1-5-25-18(24)10-17(23)16-9-14(6-13(4)20(16)22)19-11(2)7-15(21)8-12(19)3;/h6-9,17H,5,10,23H2,1-4H3;1H/t17-;/m0./s1. The van der Waals surface area contributed by atoms with Crippen LogP contribution in [-0.2, 0) is 9.53 Å². The minimum atomic E-state index is -0.759. The van der Waals surface area contributed by atoms with Crippen LogP contribution in [0.15, 0.2) is 24.3 Å². The van der Waals surface area contributed by atoms with Gasteiger partial charge in [0.2, 0.25) is 0 Å². The fourth-order valence-electron chi connectivity index (χ4n) is 3.09. The zero-order valence-electron chi connectivity index (χ0n) is 15.4. The highest BCUT2D eigenvalue weighted by Crippen LogP contribution is 2.34. The molecule has 0 heterocycles. The Morgan fingerprint density at radius 3 is 2.27 bits per heavy atom. The minimum absolute atomic E-state index is 0. The lowest BCUT2D eigenvalue weighted by Gasteiger charge is -2.18. The second kappa shape index (κ2) is 9.36. The van der Waals surface area contributed by atoms with E-state index in [4.69, 9.17) is 22.1 Å².